The van der Waals surface area contributed by atoms with Crippen molar-refractivity contribution in [3.8, 4) is 0 Å². The van der Waals surface area contributed by atoms with Crippen LogP contribution in [0.4, 0.5) is 0 Å². The number of piperidine rings is 1. The predicted molar refractivity (Wildman–Crippen MR) is 89.7 cm³/mol. The van der Waals surface area contributed by atoms with E-state index in [1.807, 2.05) is 0 Å². The van der Waals surface area contributed by atoms with Gasteiger partial charge in [-0.15, -0.1) is 0 Å². The Bertz CT molecular complexity index is 427. The number of halogens is 1. The first-order valence-corrected chi connectivity index (χ1v) is 8.47. The molecular formula is C17H27BrN2. The number of rotatable bonds is 4. The molecule has 0 amide bonds. The zero-order valence-corrected chi connectivity index (χ0v) is 14.5. The van der Waals surface area contributed by atoms with Crippen LogP contribution in [0.1, 0.15) is 51.6 Å². The third-order valence-corrected chi connectivity index (χ3v) is 4.94. The average Bonchev–Trinajstić information content (AvgIpc) is 2.40. The molecule has 0 radical (unpaired) electrons. The van der Waals surface area contributed by atoms with Gasteiger partial charge in [0.25, 0.3) is 0 Å². The van der Waals surface area contributed by atoms with E-state index in [-0.39, 0.29) is 6.04 Å². The first kappa shape index (κ1) is 16.0. The van der Waals surface area contributed by atoms with Gasteiger partial charge in [-0.25, -0.2) is 0 Å². The highest BCUT2D eigenvalue weighted by Crippen LogP contribution is 2.35. The van der Waals surface area contributed by atoms with Crippen LogP contribution in [0.5, 0.6) is 0 Å². The fraction of sp³-hybridized carbons (Fsp3) is 0.647. The molecule has 1 heterocycles. The molecule has 0 spiro atoms. The quantitative estimate of drug-likeness (QED) is 0.884. The Morgan fingerprint density at radius 3 is 2.50 bits per heavy atom. The molecule has 0 aliphatic carbocycles. The molecule has 1 fully saturated rings. The number of nitrogens with zero attached hydrogens (tertiary/aromatic N) is 1. The van der Waals surface area contributed by atoms with E-state index in [2.05, 4.69) is 65.9 Å². The molecule has 1 aromatic rings. The Kier molecular flexibility index (Phi) is 5.27. The van der Waals surface area contributed by atoms with Crippen molar-refractivity contribution >= 4 is 15.9 Å². The smallest absolute Gasteiger partial charge is 0.0499 e. The summed E-state index contributed by atoms with van der Waals surface area (Å²) < 4.78 is 1.13. The van der Waals surface area contributed by atoms with Gasteiger partial charge in [-0.2, -0.15) is 0 Å². The second-order valence-electron chi connectivity index (χ2n) is 6.81. The summed E-state index contributed by atoms with van der Waals surface area (Å²) in [5.74, 6) is 0. The van der Waals surface area contributed by atoms with Crippen LogP contribution in [0.3, 0.4) is 0 Å². The van der Waals surface area contributed by atoms with Gasteiger partial charge in [0.05, 0.1) is 0 Å². The van der Waals surface area contributed by atoms with E-state index >= 15 is 0 Å². The van der Waals surface area contributed by atoms with Crippen LogP contribution in [0, 0.1) is 5.41 Å². The third kappa shape index (κ3) is 3.84. The monoisotopic (exact) mass is 338 g/mol. The molecule has 1 aliphatic rings. The van der Waals surface area contributed by atoms with Gasteiger partial charge >= 0.3 is 0 Å². The zero-order chi connectivity index (χ0) is 14.8. The van der Waals surface area contributed by atoms with Crippen molar-refractivity contribution in [2.45, 2.75) is 52.1 Å². The molecule has 0 saturated carbocycles. The van der Waals surface area contributed by atoms with Crippen molar-refractivity contribution < 1.29 is 0 Å². The average molecular weight is 339 g/mol. The molecule has 1 saturated heterocycles. The first-order valence-electron chi connectivity index (χ1n) is 7.68. The van der Waals surface area contributed by atoms with Gasteiger partial charge in [0, 0.05) is 23.1 Å². The lowest BCUT2D eigenvalue weighted by molar-refractivity contribution is 0.0657. The highest BCUT2D eigenvalue weighted by atomic mass is 79.9. The summed E-state index contributed by atoms with van der Waals surface area (Å²) in [5, 5.41) is 0. The highest BCUT2D eigenvalue weighted by molar-refractivity contribution is 9.10. The van der Waals surface area contributed by atoms with E-state index in [1.54, 1.807) is 0 Å². The van der Waals surface area contributed by atoms with Crippen LogP contribution in [0.25, 0.3) is 0 Å². The number of likely N-dealkylation sites (tertiary alicyclic amines) is 1. The van der Waals surface area contributed by atoms with E-state index in [4.69, 9.17) is 5.73 Å². The molecule has 1 aromatic carbocycles. The molecule has 3 heteroatoms. The van der Waals surface area contributed by atoms with Crippen LogP contribution >= 0.6 is 15.9 Å². The van der Waals surface area contributed by atoms with Crippen molar-refractivity contribution in [3.63, 3.8) is 0 Å². The van der Waals surface area contributed by atoms with Gasteiger partial charge in [-0.05, 0) is 48.9 Å². The minimum absolute atomic E-state index is 0.199. The van der Waals surface area contributed by atoms with Gasteiger partial charge < -0.3 is 5.73 Å². The van der Waals surface area contributed by atoms with Crippen LogP contribution < -0.4 is 5.73 Å². The summed E-state index contributed by atoms with van der Waals surface area (Å²) in [6.07, 6.45) is 3.60. The Hall–Kier alpha value is -0.380. The maximum absolute atomic E-state index is 6.45. The van der Waals surface area contributed by atoms with Crippen molar-refractivity contribution in [2.75, 3.05) is 13.1 Å². The van der Waals surface area contributed by atoms with E-state index in [0.717, 1.165) is 24.0 Å². The number of hydrogen-bond donors (Lipinski definition) is 1. The van der Waals surface area contributed by atoms with Crippen LogP contribution in [-0.4, -0.2) is 24.0 Å². The maximum Gasteiger partial charge on any atom is 0.0499 e. The molecule has 20 heavy (non-hydrogen) atoms. The Labute approximate surface area is 131 Å². The van der Waals surface area contributed by atoms with Gasteiger partial charge in [0.15, 0.2) is 0 Å². The SMILES string of the molecule is CCC(N)C(c1ccc(Br)cc1)N1CCCC(C)(C)C1. The number of benzene rings is 1. The fourth-order valence-electron chi connectivity index (χ4n) is 3.32. The first-order chi connectivity index (χ1) is 9.43. The molecule has 2 N–H and O–H groups in total. The van der Waals surface area contributed by atoms with Crippen LogP contribution in [0.2, 0.25) is 0 Å². The summed E-state index contributed by atoms with van der Waals surface area (Å²) in [5.41, 5.74) is 8.20. The highest BCUT2D eigenvalue weighted by Gasteiger charge is 2.33. The lowest BCUT2D eigenvalue weighted by Gasteiger charge is -2.44. The van der Waals surface area contributed by atoms with Crippen molar-refractivity contribution in [1.82, 2.24) is 4.90 Å². The minimum Gasteiger partial charge on any atom is -0.326 e. The summed E-state index contributed by atoms with van der Waals surface area (Å²) in [6.45, 7) is 9.23. The molecule has 1 aliphatic heterocycles. The molecule has 2 nitrogen and oxygen atoms in total. The largest absolute Gasteiger partial charge is 0.326 e. The Morgan fingerprint density at radius 2 is 1.95 bits per heavy atom. The second kappa shape index (κ2) is 6.59. The molecule has 0 aromatic heterocycles. The maximum atomic E-state index is 6.45. The van der Waals surface area contributed by atoms with Gasteiger partial charge in [0.1, 0.15) is 0 Å². The van der Waals surface area contributed by atoms with Crippen LogP contribution in [-0.2, 0) is 0 Å². The van der Waals surface area contributed by atoms with Crippen molar-refractivity contribution in [3.05, 3.63) is 34.3 Å². The molecule has 0 bridgehead atoms. The van der Waals surface area contributed by atoms with Gasteiger partial charge in [0.2, 0.25) is 0 Å². The normalized spacial score (nSPS) is 22.4. The molecular weight excluding hydrogens is 312 g/mol. The Balaban J connectivity index is 2.25. The van der Waals surface area contributed by atoms with E-state index in [9.17, 15) is 0 Å². The standard InChI is InChI=1S/C17H27BrN2/c1-4-15(19)16(13-6-8-14(18)9-7-13)20-11-5-10-17(2,3)12-20/h6-9,15-16H,4-5,10-12,19H2,1-3H3. The van der Waals surface area contributed by atoms with E-state index < -0.39 is 0 Å². The summed E-state index contributed by atoms with van der Waals surface area (Å²) >= 11 is 3.52. The lowest BCUT2D eigenvalue weighted by atomic mass is 9.82. The summed E-state index contributed by atoms with van der Waals surface area (Å²) in [6, 6.07) is 9.22. The second-order valence-corrected chi connectivity index (χ2v) is 7.72. The summed E-state index contributed by atoms with van der Waals surface area (Å²) in [7, 11) is 0. The molecule has 112 valence electrons. The van der Waals surface area contributed by atoms with Gasteiger partial charge in [-0.1, -0.05) is 48.8 Å². The molecule has 2 rings (SSSR count). The molecule has 2 unspecified atom stereocenters. The number of hydrogen-bond acceptors (Lipinski definition) is 2. The Morgan fingerprint density at radius 1 is 1.30 bits per heavy atom. The zero-order valence-electron chi connectivity index (χ0n) is 12.9. The number of nitrogens with two attached hydrogens (primary N) is 1. The topological polar surface area (TPSA) is 29.3 Å². The lowest BCUT2D eigenvalue weighted by Crippen LogP contribution is -2.47. The minimum atomic E-state index is 0.199. The van der Waals surface area contributed by atoms with E-state index in [0.29, 0.717) is 11.5 Å². The fourth-order valence-corrected chi connectivity index (χ4v) is 3.58. The molecule has 2 atom stereocenters. The van der Waals surface area contributed by atoms with Crippen molar-refractivity contribution in [2.24, 2.45) is 11.1 Å². The predicted octanol–water partition coefficient (Wildman–Crippen LogP) is 4.35. The summed E-state index contributed by atoms with van der Waals surface area (Å²) in [4.78, 5) is 2.60. The van der Waals surface area contributed by atoms with Crippen LogP contribution in [0.15, 0.2) is 28.7 Å². The van der Waals surface area contributed by atoms with Crippen molar-refractivity contribution in [1.29, 1.82) is 0 Å². The van der Waals surface area contributed by atoms with Gasteiger partial charge in [-0.3, -0.25) is 4.90 Å². The third-order valence-electron chi connectivity index (χ3n) is 4.41. The van der Waals surface area contributed by atoms with E-state index in [1.165, 1.54) is 18.4 Å².